The van der Waals surface area contributed by atoms with E-state index in [1.807, 2.05) is 52.0 Å². The lowest BCUT2D eigenvalue weighted by molar-refractivity contribution is -0.154. The number of carbonyl (C=O) groups excluding carboxylic acids is 2. The molecule has 4 atom stereocenters. The molecule has 0 fully saturated rings. The monoisotopic (exact) mass is 509 g/mol. The van der Waals surface area contributed by atoms with Crippen LogP contribution < -0.4 is 5.32 Å². The summed E-state index contributed by atoms with van der Waals surface area (Å²) >= 11 is 0. The number of carboxylic acids is 1. The highest BCUT2D eigenvalue weighted by Gasteiger charge is 2.36. The third-order valence-corrected chi connectivity index (χ3v) is 7.31. The predicted molar refractivity (Wildman–Crippen MR) is 142 cm³/mol. The molecule has 0 saturated heterocycles. The number of amides is 1. The van der Waals surface area contributed by atoms with E-state index in [2.05, 4.69) is 29.6 Å². The fraction of sp³-hybridized carbons (Fsp3) is 0.500. The van der Waals surface area contributed by atoms with Gasteiger partial charge < -0.3 is 19.9 Å². The molecule has 1 aliphatic rings. The van der Waals surface area contributed by atoms with Crippen molar-refractivity contribution in [3.63, 3.8) is 0 Å². The van der Waals surface area contributed by atoms with Gasteiger partial charge in [0.05, 0.1) is 18.6 Å². The molecule has 2 N–H and O–H groups in total. The molecule has 37 heavy (non-hydrogen) atoms. The molecule has 7 nitrogen and oxygen atoms in total. The van der Waals surface area contributed by atoms with Gasteiger partial charge in [-0.2, -0.15) is 0 Å². The van der Waals surface area contributed by atoms with E-state index < -0.39 is 35.9 Å². The van der Waals surface area contributed by atoms with Crippen LogP contribution in [0.25, 0.3) is 11.1 Å². The van der Waals surface area contributed by atoms with E-state index in [-0.39, 0.29) is 30.8 Å². The lowest BCUT2D eigenvalue weighted by Crippen LogP contribution is -2.51. The number of ether oxygens (including phenoxy) is 2. The number of nitrogens with one attached hydrogen (secondary N) is 1. The summed E-state index contributed by atoms with van der Waals surface area (Å²) < 4.78 is 11.3. The lowest BCUT2D eigenvalue weighted by Gasteiger charge is -2.32. The second kappa shape index (κ2) is 12.9. The number of carbonyl (C=O) groups is 3. The SMILES string of the molecule is CC[C@H](C)[C@H](NC(=O)[C@H](CC(C)C)C(=O)OCC1c2ccccc2-c2ccccc21)[C@@H](CC(=O)O)OC. The van der Waals surface area contributed by atoms with Crippen molar-refractivity contribution in [2.45, 2.75) is 65.0 Å². The molecule has 2 aromatic rings. The topological polar surface area (TPSA) is 102 Å². The van der Waals surface area contributed by atoms with Gasteiger partial charge in [0, 0.05) is 13.0 Å². The van der Waals surface area contributed by atoms with Crippen molar-refractivity contribution in [1.82, 2.24) is 5.32 Å². The molecule has 1 aliphatic carbocycles. The van der Waals surface area contributed by atoms with E-state index >= 15 is 0 Å². The Kier molecular flexibility index (Phi) is 9.86. The third kappa shape index (κ3) is 6.77. The Morgan fingerprint density at radius 2 is 1.54 bits per heavy atom. The van der Waals surface area contributed by atoms with E-state index in [1.54, 1.807) is 0 Å². The molecule has 0 heterocycles. The van der Waals surface area contributed by atoms with Crippen LogP contribution in [0.1, 0.15) is 64.0 Å². The van der Waals surface area contributed by atoms with Gasteiger partial charge in [0.25, 0.3) is 0 Å². The Balaban J connectivity index is 1.77. The van der Waals surface area contributed by atoms with Crippen LogP contribution in [0.15, 0.2) is 48.5 Å². The second-order valence-electron chi connectivity index (χ2n) is 10.3. The number of rotatable bonds is 13. The number of fused-ring (bicyclic) bond motifs is 3. The van der Waals surface area contributed by atoms with Crippen molar-refractivity contribution in [3.05, 3.63) is 59.7 Å². The quantitative estimate of drug-likeness (QED) is 0.290. The van der Waals surface area contributed by atoms with Crippen molar-refractivity contribution in [2.75, 3.05) is 13.7 Å². The Labute approximate surface area is 219 Å². The zero-order valence-corrected chi connectivity index (χ0v) is 22.4. The average molecular weight is 510 g/mol. The number of hydrogen-bond donors (Lipinski definition) is 2. The van der Waals surface area contributed by atoms with Gasteiger partial charge in [-0.25, -0.2) is 0 Å². The molecule has 0 aromatic heterocycles. The van der Waals surface area contributed by atoms with Gasteiger partial charge in [-0.05, 0) is 40.5 Å². The van der Waals surface area contributed by atoms with E-state index in [0.29, 0.717) is 12.8 Å². The van der Waals surface area contributed by atoms with Crippen LogP contribution in [0, 0.1) is 17.8 Å². The highest BCUT2D eigenvalue weighted by atomic mass is 16.5. The Bertz CT molecular complexity index is 1050. The van der Waals surface area contributed by atoms with E-state index in [0.717, 1.165) is 22.3 Å². The molecule has 0 aliphatic heterocycles. The summed E-state index contributed by atoms with van der Waals surface area (Å²) in [4.78, 5) is 38.1. The van der Waals surface area contributed by atoms with Crippen molar-refractivity contribution >= 4 is 17.8 Å². The number of benzene rings is 2. The second-order valence-corrected chi connectivity index (χ2v) is 10.3. The van der Waals surface area contributed by atoms with Crippen LogP contribution in [0.5, 0.6) is 0 Å². The molecule has 3 rings (SSSR count). The smallest absolute Gasteiger partial charge is 0.318 e. The maximum Gasteiger partial charge on any atom is 0.318 e. The van der Waals surface area contributed by atoms with Crippen LogP contribution in [0.2, 0.25) is 0 Å². The van der Waals surface area contributed by atoms with Gasteiger partial charge >= 0.3 is 11.9 Å². The Morgan fingerprint density at radius 3 is 2.03 bits per heavy atom. The molecule has 0 unspecified atom stereocenters. The first kappa shape index (κ1) is 28.4. The zero-order chi connectivity index (χ0) is 27.1. The van der Waals surface area contributed by atoms with Gasteiger partial charge in [-0.15, -0.1) is 0 Å². The minimum absolute atomic E-state index is 0.0459. The molecule has 0 spiro atoms. The summed E-state index contributed by atoms with van der Waals surface area (Å²) in [6.07, 6.45) is 0.0841. The normalized spacial score (nSPS) is 15.8. The van der Waals surface area contributed by atoms with Gasteiger partial charge in [0.2, 0.25) is 5.91 Å². The molecule has 0 radical (unpaired) electrons. The fourth-order valence-corrected chi connectivity index (χ4v) is 5.14. The molecule has 1 amide bonds. The van der Waals surface area contributed by atoms with Crippen LogP contribution in [0.3, 0.4) is 0 Å². The first-order chi connectivity index (χ1) is 17.7. The number of aliphatic carboxylic acids is 1. The van der Waals surface area contributed by atoms with Crippen molar-refractivity contribution in [1.29, 1.82) is 0 Å². The van der Waals surface area contributed by atoms with Gasteiger partial charge in [0.15, 0.2) is 0 Å². The predicted octanol–water partition coefficient (Wildman–Crippen LogP) is 5.03. The zero-order valence-electron chi connectivity index (χ0n) is 22.4. The van der Waals surface area contributed by atoms with Crippen molar-refractivity contribution < 1.29 is 29.0 Å². The molecule has 200 valence electrons. The van der Waals surface area contributed by atoms with Gasteiger partial charge in [-0.3, -0.25) is 14.4 Å². The van der Waals surface area contributed by atoms with Crippen molar-refractivity contribution in [3.8, 4) is 11.1 Å². The maximum absolute atomic E-state index is 13.4. The highest BCUT2D eigenvalue weighted by Crippen LogP contribution is 2.44. The lowest BCUT2D eigenvalue weighted by atomic mass is 9.90. The van der Waals surface area contributed by atoms with E-state index in [1.165, 1.54) is 7.11 Å². The summed E-state index contributed by atoms with van der Waals surface area (Å²) in [5.74, 6) is -3.09. The van der Waals surface area contributed by atoms with Gasteiger partial charge in [0.1, 0.15) is 12.5 Å². The highest BCUT2D eigenvalue weighted by molar-refractivity contribution is 5.98. The molecule has 7 heteroatoms. The number of esters is 1. The molecule has 0 saturated carbocycles. The summed E-state index contributed by atoms with van der Waals surface area (Å²) in [7, 11) is 1.44. The first-order valence-electron chi connectivity index (χ1n) is 13.1. The summed E-state index contributed by atoms with van der Waals surface area (Å²) in [6, 6.07) is 15.7. The first-order valence-corrected chi connectivity index (χ1v) is 13.1. The number of methoxy groups -OCH3 is 1. The fourth-order valence-electron chi connectivity index (χ4n) is 5.14. The van der Waals surface area contributed by atoms with Gasteiger partial charge in [-0.1, -0.05) is 82.6 Å². The number of carboxylic acid groups (broad SMARTS) is 1. The Morgan fingerprint density at radius 1 is 0.973 bits per heavy atom. The third-order valence-electron chi connectivity index (χ3n) is 7.31. The summed E-state index contributed by atoms with van der Waals surface area (Å²) in [6.45, 7) is 7.94. The van der Waals surface area contributed by atoms with E-state index in [4.69, 9.17) is 9.47 Å². The standard InChI is InChI=1S/C30H39NO6/c1-6-19(4)28(26(36-5)16-27(32)33)31-29(34)24(15-18(2)3)30(35)37-17-25-22-13-9-7-11-20(22)21-12-8-10-14-23(21)25/h7-14,18-19,24-26,28H,6,15-17H2,1-5H3,(H,31,34)(H,32,33)/t19-,24-,26+,28-/m0/s1. The van der Waals surface area contributed by atoms with Crippen LogP contribution in [-0.2, 0) is 23.9 Å². The molecule has 2 aromatic carbocycles. The minimum atomic E-state index is -1.01. The van der Waals surface area contributed by atoms with Crippen LogP contribution in [0.4, 0.5) is 0 Å². The number of hydrogen-bond acceptors (Lipinski definition) is 5. The largest absolute Gasteiger partial charge is 0.481 e. The minimum Gasteiger partial charge on any atom is -0.481 e. The van der Waals surface area contributed by atoms with E-state index in [9.17, 15) is 19.5 Å². The molecule has 0 bridgehead atoms. The van der Waals surface area contributed by atoms with Crippen LogP contribution in [-0.4, -0.2) is 48.8 Å². The molecular formula is C30H39NO6. The Hall–Kier alpha value is -3.19. The maximum atomic E-state index is 13.4. The van der Waals surface area contributed by atoms with Crippen molar-refractivity contribution in [2.24, 2.45) is 17.8 Å². The summed E-state index contributed by atoms with van der Waals surface area (Å²) in [5.41, 5.74) is 4.48. The summed E-state index contributed by atoms with van der Waals surface area (Å²) in [5, 5.41) is 12.3. The molecular weight excluding hydrogens is 470 g/mol. The van der Waals surface area contributed by atoms with Crippen LogP contribution >= 0.6 is 0 Å². The average Bonchev–Trinajstić information content (AvgIpc) is 3.20.